The van der Waals surface area contributed by atoms with Crippen LogP contribution in [0.3, 0.4) is 0 Å². The normalized spacial score (nSPS) is 10.7. The summed E-state index contributed by atoms with van der Waals surface area (Å²) in [6.07, 6.45) is 2.12. The van der Waals surface area contributed by atoms with Gasteiger partial charge in [-0.25, -0.2) is 4.68 Å². The molecule has 1 N–H and O–H groups in total. The van der Waals surface area contributed by atoms with Crippen LogP contribution in [-0.4, -0.2) is 16.3 Å². The van der Waals surface area contributed by atoms with E-state index in [1.165, 1.54) is 0 Å². The molecule has 0 radical (unpaired) electrons. The van der Waals surface area contributed by atoms with Crippen molar-refractivity contribution in [2.24, 2.45) is 0 Å². The van der Waals surface area contributed by atoms with Gasteiger partial charge in [-0.15, -0.1) is 0 Å². The van der Waals surface area contributed by atoms with Crippen molar-refractivity contribution in [1.82, 2.24) is 9.78 Å². The molecule has 3 aromatic carbocycles. The van der Waals surface area contributed by atoms with Gasteiger partial charge in [-0.2, -0.15) is 5.10 Å². The Labute approximate surface area is 153 Å². The molecule has 0 spiro atoms. The second-order valence-electron chi connectivity index (χ2n) is 6.11. The van der Waals surface area contributed by atoms with E-state index in [2.05, 4.69) is 79.1 Å². The Bertz CT molecular complexity index is 988. The van der Waals surface area contributed by atoms with Gasteiger partial charge in [0.25, 0.3) is 0 Å². The number of aromatic nitrogens is 2. The summed E-state index contributed by atoms with van der Waals surface area (Å²) in [5.41, 5.74) is 6.56. The summed E-state index contributed by atoms with van der Waals surface area (Å²) >= 11 is 0. The van der Waals surface area contributed by atoms with Gasteiger partial charge in [-0.3, -0.25) is 0 Å². The highest BCUT2D eigenvalue weighted by Gasteiger charge is 2.16. The summed E-state index contributed by atoms with van der Waals surface area (Å²) in [5, 5.41) is 8.38. The van der Waals surface area contributed by atoms with Gasteiger partial charge in [0.05, 0.1) is 5.69 Å². The summed E-state index contributed by atoms with van der Waals surface area (Å²) in [4.78, 5) is 0. The molecule has 0 fully saturated rings. The van der Waals surface area contributed by atoms with Crippen molar-refractivity contribution in [3.8, 4) is 28.1 Å². The molecular weight excluding hydrogens is 318 g/mol. The lowest BCUT2D eigenvalue weighted by molar-refractivity contribution is 0.884. The van der Waals surface area contributed by atoms with Gasteiger partial charge >= 0.3 is 0 Å². The Hall–Kier alpha value is -3.33. The zero-order chi connectivity index (χ0) is 17.8. The van der Waals surface area contributed by atoms with Crippen LogP contribution in [-0.2, 0) is 0 Å². The molecule has 3 nitrogen and oxygen atoms in total. The summed E-state index contributed by atoms with van der Waals surface area (Å²) in [6, 6.07) is 29.0. The third-order valence-electron chi connectivity index (χ3n) is 4.37. The fraction of sp³-hybridized carbons (Fsp3) is 0.0870. The van der Waals surface area contributed by atoms with Crippen LogP contribution in [0.5, 0.6) is 0 Å². The van der Waals surface area contributed by atoms with E-state index in [1.54, 1.807) is 0 Å². The smallest absolute Gasteiger partial charge is 0.101 e. The summed E-state index contributed by atoms with van der Waals surface area (Å²) < 4.78 is 1.96. The maximum Gasteiger partial charge on any atom is 0.101 e. The second kappa shape index (κ2) is 7.28. The van der Waals surface area contributed by atoms with Gasteiger partial charge in [0.1, 0.15) is 5.69 Å². The largest absolute Gasteiger partial charge is 0.385 e. The fourth-order valence-electron chi connectivity index (χ4n) is 3.16. The van der Waals surface area contributed by atoms with Crippen molar-refractivity contribution in [1.29, 1.82) is 0 Å². The Morgan fingerprint density at radius 3 is 2.15 bits per heavy atom. The molecule has 4 aromatic rings. The van der Waals surface area contributed by atoms with Crippen molar-refractivity contribution in [3.63, 3.8) is 0 Å². The van der Waals surface area contributed by atoms with E-state index in [0.717, 1.165) is 40.3 Å². The molecule has 0 aliphatic carbocycles. The van der Waals surface area contributed by atoms with Crippen LogP contribution < -0.4 is 5.32 Å². The molecule has 26 heavy (non-hydrogen) atoms. The molecule has 0 aliphatic heterocycles. The summed E-state index contributed by atoms with van der Waals surface area (Å²) in [6.45, 7) is 2.99. The van der Waals surface area contributed by atoms with Gasteiger partial charge in [0, 0.05) is 35.1 Å². The lowest BCUT2D eigenvalue weighted by Gasteiger charge is -2.10. The van der Waals surface area contributed by atoms with Crippen molar-refractivity contribution in [2.75, 3.05) is 11.9 Å². The number of rotatable bonds is 5. The first kappa shape index (κ1) is 16.2. The van der Waals surface area contributed by atoms with Crippen molar-refractivity contribution in [3.05, 3.63) is 91.1 Å². The molecule has 1 heterocycles. The fourth-order valence-corrected chi connectivity index (χ4v) is 3.16. The third-order valence-corrected chi connectivity index (χ3v) is 4.37. The molecule has 0 aliphatic rings. The van der Waals surface area contributed by atoms with E-state index in [9.17, 15) is 0 Å². The first-order valence-electron chi connectivity index (χ1n) is 8.90. The first-order chi connectivity index (χ1) is 12.9. The lowest BCUT2D eigenvalue weighted by Crippen LogP contribution is -1.98. The van der Waals surface area contributed by atoms with Crippen LogP contribution in [0.1, 0.15) is 6.92 Å². The minimum absolute atomic E-state index is 0.879. The molecule has 0 bridgehead atoms. The second-order valence-corrected chi connectivity index (χ2v) is 6.11. The van der Waals surface area contributed by atoms with Crippen LogP contribution in [0.2, 0.25) is 0 Å². The predicted octanol–water partition coefficient (Wildman–Crippen LogP) is 5.64. The van der Waals surface area contributed by atoms with Crippen molar-refractivity contribution < 1.29 is 0 Å². The summed E-state index contributed by atoms with van der Waals surface area (Å²) in [5.74, 6) is 0. The maximum atomic E-state index is 4.92. The number of hydrogen-bond donors (Lipinski definition) is 1. The van der Waals surface area contributed by atoms with E-state index in [4.69, 9.17) is 5.10 Å². The predicted molar refractivity (Wildman–Crippen MR) is 109 cm³/mol. The molecule has 0 atom stereocenters. The highest BCUT2D eigenvalue weighted by atomic mass is 15.3. The average Bonchev–Trinajstić information content (AvgIpc) is 3.15. The van der Waals surface area contributed by atoms with E-state index in [0.29, 0.717) is 0 Å². The molecule has 1 aromatic heterocycles. The minimum Gasteiger partial charge on any atom is -0.385 e. The maximum absolute atomic E-state index is 4.92. The molecule has 0 unspecified atom stereocenters. The molecule has 3 heteroatoms. The number of anilines is 1. The van der Waals surface area contributed by atoms with Gasteiger partial charge in [0.15, 0.2) is 0 Å². The van der Waals surface area contributed by atoms with E-state index in [1.807, 2.05) is 28.9 Å². The van der Waals surface area contributed by atoms with Crippen molar-refractivity contribution in [2.45, 2.75) is 6.92 Å². The number of benzene rings is 3. The number of nitrogens with zero attached hydrogens (tertiary/aromatic N) is 2. The zero-order valence-electron chi connectivity index (χ0n) is 14.8. The molecule has 128 valence electrons. The van der Waals surface area contributed by atoms with Crippen LogP contribution >= 0.6 is 0 Å². The van der Waals surface area contributed by atoms with Gasteiger partial charge in [-0.05, 0) is 25.1 Å². The zero-order valence-corrected chi connectivity index (χ0v) is 14.8. The topological polar surface area (TPSA) is 29.9 Å². The van der Waals surface area contributed by atoms with Gasteiger partial charge in [-0.1, -0.05) is 66.7 Å². The Morgan fingerprint density at radius 2 is 1.42 bits per heavy atom. The highest BCUT2D eigenvalue weighted by molar-refractivity contribution is 5.87. The monoisotopic (exact) mass is 339 g/mol. The standard InChI is InChI=1S/C23H21N3/c1-2-24-22-16-10-9-15-20(22)21-17-26(19-13-7-4-8-14-19)25-23(21)18-11-5-3-6-12-18/h3-17,24H,2H2,1H3. The molecule has 0 saturated heterocycles. The first-order valence-corrected chi connectivity index (χ1v) is 8.90. The van der Waals surface area contributed by atoms with E-state index in [-0.39, 0.29) is 0 Å². The number of para-hydroxylation sites is 2. The summed E-state index contributed by atoms with van der Waals surface area (Å²) in [7, 11) is 0. The number of hydrogen-bond acceptors (Lipinski definition) is 2. The Balaban J connectivity index is 1.92. The van der Waals surface area contributed by atoms with Crippen LogP contribution in [0.4, 0.5) is 5.69 Å². The quantitative estimate of drug-likeness (QED) is 0.510. The van der Waals surface area contributed by atoms with Crippen LogP contribution in [0, 0.1) is 0 Å². The lowest BCUT2D eigenvalue weighted by atomic mass is 10.0. The van der Waals surface area contributed by atoms with Crippen LogP contribution in [0.25, 0.3) is 28.1 Å². The Kier molecular flexibility index (Phi) is 4.52. The minimum atomic E-state index is 0.879. The molecule has 0 saturated carbocycles. The molecule has 4 rings (SSSR count). The average molecular weight is 339 g/mol. The highest BCUT2D eigenvalue weighted by Crippen LogP contribution is 2.36. The Morgan fingerprint density at radius 1 is 0.769 bits per heavy atom. The van der Waals surface area contributed by atoms with Gasteiger partial charge in [0.2, 0.25) is 0 Å². The van der Waals surface area contributed by atoms with Crippen molar-refractivity contribution >= 4 is 5.69 Å². The number of nitrogens with one attached hydrogen (secondary N) is 1. The third kappa shape index (κ3) is 3.11. The SMILES string of the molecule is CCNc1ccccc1-c1cn(-c2ccccc2)nc1-c1ccccc1. The van der Waals surface area contributed by atoms with E-state index < -0.39 is 0 Å². The molecule has 0 amide bonds. The molecular formula is C23H21N3. The van der Waals surface area contributed by atoms with Crippen LogP contribution in [0.15, 0.2) is 91.1 Å². The van der Waals surface area contributed by atoms with Gasteiger partial charge < -0.3 is 5.32 Å². The van der Waals surface area contributed by atoms with E-state index >= 15 is 0 Å².